The minimum Gasteiger partial charge on any atom is -0.338 e. The van der Waals surface area contributed by atoms with Crippen LogP contribution in [0.1, 0.15) is 32.7 Å². The van der Waals surface area contributed by atoms with E-state index in [9.17, 15) is 14.4 Å². The van der Waals surface area contributed by atoms with Gasteiger partial charge in [-0.1, -0.05) is 0 Å². The van der Waals surface area contributed by atoms with E-state index < -0.39 is 29.7 Å². The van der Waals surface area contributed by atoms with Crippen LogP contribution in [0, 0.1) is 11.3 Å². The molecule has 0 bridgehead atoms. The highest BCUT2D eigenvalue weighted by Crippen LogP contribution is 2.23. The van der Waals surface area contributed by atoms with Crippen LogP contribution in [0.2, 0.25) is 0 Å². The Kier molecular flexibility index (Phi) is 6.41. The average Bonchev–Trinajstić information content (AvgIpc) is 3.56. The van der Waals surface area contributed by atoms with Gasteiger partial charge in [0, 0.05) is 38.2 Å². The van der Waals surface area contributed by atoms with Gasteiger partial charge >= 0.3 is 5.69 Å². The van der Waals surface area contributed by atoms with Crippen LogP contribution in [0.3, 0.4) is 0 Å². The van der Waals surface area contributed by atoms with Gasteiger partial charge in [-0.3, -0.25) is 14.2 Å². The Morgan fingerprint density at radius 1 is 1.24 bits per heavy atom. The number of nitriles is 1. The van der Waals surface area contributed by atoms with Crippen molar-refractivity contribution < 1.29 is 4.79 Å². The monoisotopic (exact) mass is 515 g/mol. The van der Waals surface area contributed by atoms with Crippen LogP contribution >= 0.6 is 0 Å². The number of amides is 1. The van der Waals surface area contributed by atoms with Gasteiger partial charge in [0.2, 0.25) is 11.9 Å². The lowest BCUT2D eigenvalue weighted by Crippen LogP contribution is -2.40. The molecular formula is C24H25N11O3. The maximum absolute atomic E-state index is 13.1. The minimum atomic E-state index is -0.885. The Balaban J connectivity index is 1.38. The van der Waals surface area contributed by atoms with Crippen molar-refractivity contribution in [2.75, 3.05) is 16.8 Å². The fourth-order valence-corrected chi connectivity index (χ4v) is 4.53. The highest BCUT2D eigenvalue weighted by atomic mass is 16.2. The fraction of sp³-hybridized carbons (Fsp3) is 0.375. The van der Waals surface area contributed by atoms with Gasteiger partial charge in [-0.2, -0.15) is 5.26 Å². The maximum Gasteiger partial charge on any atom is 0.333 e. The Morgan fingerprint density at radius 2 is 2.00 bits per heavy atom. The van der Waals surface area contributed by atoms with Gasteiger partial charge < -0.3 is 14.8 Å². The SMILES string of the molecule is C[C@@H]1CCCN1c1ncc(-c2nccc(NC(=O)[C@H](C)n3cnc4c3c(=O)n(CC#N)c(=O)n4C)n2)cn1. The van der Waals surface area contributed by atoms with Gasteiger partial charge in [0.1, 0.15) is 18.4 Å². The van der Waals surface area contributed by atoms with Crippen molar-refractivity contribution >= 4 is 28.8 Å². The van der Waals surface area contributed by atoms with Crippen LogP contribution in [-0.2, 0) is 18.4 Å². The normalized spacial score (nSPS) is 15.9. The average molecular weight is 516 g/mol. The third kappa shape index (κ3) is 4.27. The molecule has 0 aromatic carbocycles. The summed E-state index contributed by atoms with van der Waals surface area (Å²) in [6.07, 6.45) is 8.37. The van der Waals surface area contributed by atoms with E-state index in [2.05, 4.69) is 42.1 Å². The first kappa shape index (κ1) is 24.8. The van der Waals surface area contributed by atoms with Crippen LogP contribution in [0.5, 0.6) is 0 Å². The molecule has 5 rings (SSSR count). The number of rotatable bonds is 6. The number of nitrogens with zero attached hydrogens (tertiary/aromatic N) is 10. The van der Waals surface area contributed by atoms with Crippen molar-refractivity contribution in [3.63, 3.8) is 0 Å². The van der Waals surface area contributed by atoms with Crippen LogP contribution in [0.15, 0.2) is 40.6 Å². The number of nitrogens with one attached hydrogen (secondary N) is 1. The molecule has 1 saturated heterocycles. The summed E-state index contributed by atoms with van der Waals surface area (Å²) in [7, 11) is 1.45. The fourth-order valence-electron chi connectivity index (χ4n) is 4.53. The van der Waals surface area contributed by atoms with E-state index in [-0.39, 0.29) is 17.0 Å². The lowest BCUT2D eigenvalue weighted by Gasteiger charge is -2.20. The molecule has 194 valence electrons. The van der Waals surface area contributed by atoms with Gasteiger partial charge in [-0.05, 0) is 32.8 Å². The molecule has 0 saturated carbocycles. The molecule has 14 nitrogen and oxygen atoms in total. The van der Waals surface area contributed by atoms with E-state index in [1.165, 1.54) is 28.7 Å². The van der Waals surface area contributed by atoms with E-state index in [0.717, 1.165) is 24.0 Å². The molecule has 1 aliphatic rings. The standard InChI is InChI=1S/C24H25N11O3/c1-14-5-4-9-33(14)23-27-11-16(12-28-23)19-26-8-6-17(30-19)31-21(36)15(2)35-13-29-20-18(35)22(37)34(10-7-25)24(38)32(20)3/h6,8,11-15H,4-5,9-10H2,1-3H3,(H,26,30,31,36)/t14-,15+/m1/s1. The van der Waals surface area contributed by atoms with E-state index in [4.69, 9.17) is 5.26 Å². The number of hydrogen-bond acceptors (Lipinski definition) is 10. The molecule has 14 heteroatoms. The molecule has 0 radical (unpaired) electrons. The van der Waals surface area contributed by atoms with Crippen molar-refractivity contribution in [1.82, 2.24) is 38.6 Å². The highest BCUT2D eigenvalue weighted by molar-refractivity contribution is 5.93. The highest BCUT2D eigenvalue weighted by Gasteiger charge is 2.24. The zero-order chi connectivity index (χ0) is 27.0. The number of aromatic nitrogens is 8. The topological polar surface area (TPSA) is 170 Å². The number of imidazole rings is 1. The number of hydrogen-bond donors (Lipinski definition) is 1. The van der Waals surface area contributed by atoms with Gasteiger partial charge in [0.15, 0.2) is 17.0 Å². The van der Waals surface area contributed by atoms with Gasteiger partial charge in [0.05, 0.1) is 18.0 Å². The van der Waals surface area contributed by atoms with Crippen LogP contribution in [0.25, 0.3) is 22.6 Å². The summed E-state index contributed by atoms with van der Waals surface area (Å²) in [5, 5.41) is 11.8. The molecule has 1 fully saturated rings. The molecule has 1 amide bonds. The second-order valence-electron chi connectivity index (χ2n) is 9.10. The number of carbonyl (C=O) groups is 1. The summed E-state index contributed by atoms with van der Waals surface area (Å²) in [5.74, 6) is 0.793. The first-order valence-electron chi connectivity index (χ1n) is 12.1. The third-order valence-electron chi connectivity index (χ3n) is 6.70. The van der Waals surface area contributed by atoms with Gasteiger partial charge in [-0.15, -0.1) is 0 Å². The molecule has 38 heavy (non-hydrogen) atoms. The first-order chi connectivity index (χ1) is 18.3. The van der Waals surface area contributed by atoms with E-state index in [0.29, 0.717) is 23.4 Å². The van der Waals surface area contributed by atoms with Gasteiger partial charge in [-0.25, -0.2) is 34.3 Å². The summed E-state index contributed by atoms with van der Waals surface area (Å²) in [4.78, 5) is 62.5. The van der Waals surface area contributed by atoms with Crippen LogP contribution < -0.4 is 21.5 Å². The zero-order valence-electron chi connectivity index (χ0n) is 21.1. The van der Waals surface area contributed by atoms with Crippen LogP contribution in [0.4, 0.5) is 11.8 Å². The second kappa shape index (κ2) is 9.85. The van der Waals surface area contributed by atoms with Crippen molar-refractivity contribution in [2.45, 2.75) is 45.3 Å². The summed E-state index contributed by atoms with van der Waals surface area (Å²) in [6.45, 7) is 4.24. The maximum atomic E-state index is 13.1. The Labute approximate surface area is 216 Å². The molecule has 0 spiro atoms. The molecule has 2 atom stereocenters. The number of fused-ring (bicyclic) bond motifs is 1. The zero-order valence-corrected chi connectivity index (χ0v) is 21.1. The predicted molar refractivity (Wildman–Crippen MR) is 137 cm³/mol. The lowest BCUT2D eigenvalue weighted by molar-refractivity contribution is -0.118. The van der Waals surface area contributed by atoms with E-state index in [1.54, 1.807) is 31.5 Å². The van der Waals surface area contributed by atoms with Crippen molar-refractivity contribution in [1.29, 1.82) is 5.26 Å². The third-order valence-corrected chi connectivity index (χ3v) is 6.70. The van der Waals surface area contributed by atoms with Crippen LogP contribution in [-0.4, -0.2) is 57.1 Å². The van der Waals surface area contributed by atoms with Gasteiger partial charge in [0.25, 0.3) is 5.56 Å². The number of anilines is 2. The van der Waals surface area contributed by atoms with Crippen molar-refractivity contribution in [3.8, 4) is 17.5 Å². The molecule has 1 aliphatic heterocycles. The molecule has 5 heterocycles. The largest absolute Gasteiger partial charge is 0.338 e. The Bertz CT molecular complexity index is 1680. The summed E-state index contributed by atoms with van der Waals surface area (Å²) in [5.41, 5.74) is -0.600. The second-order valence-corrected chi connectivity index (χ2v) is 9.10. The molecule has 0 aliphatic carbocycles. The summed E-state index contributed by atoms with van der Waals surface area (Å²) >= 11 is 0. The van der Waals surface area contributed by atoms with E-state index in [1.807, 2.05) is 0 Å². The van der Waals surface area contributed by atoms with Crippen molar-refractivity contribution in [2.24, 2.45) is 7.05 Å². The van der Waals surface area contributed by atoms with Crippen molar-refractivity contribution in [3.05, 3.63) is 51.8 Å². The molecule has 4 aromatic heterocycles. The van der Waals surface area contributed by atoms with E-state index >= 15 is 0 Å². The smallest absolute Gasteiger partial charge is 0.333 e. The summed E-state index contributed by atoms with van der Waals surface area (Å²) < 4.78 is 3.34. The number of carbonyl (C=O) groups excluding carboxylic acids is 1. The molecule has 1 N–H and O–H groups in total. The first-order valence-corrected chi connectivity index (χ1v) is 12.1. The molecule has 0 unspecified atom stereocenters. The quantitative estimate of drug-likeness (QED) is 0.388. The summed E-state index contributed by atoms with van der Waals surface area (Å²) in [6, 6.07) is 2.86. The predicted octanol–water partition coefficient (Wildman–Crippen LogP) is 0.856. The Morgan fingerprint density at radius 3 is 2.68 bits per heavy atom. The minimum absolute atomic E-state index is 0.0398. The molecular weight excluding hydrogens is 490 g/mol. The lowest BCUT2D eigenvalue weighted by atomic mass is 10.2. The Hall–Kier alpha value is -4.93. The molecule has 4 aromatic rings. The number of aryl methyl sites for hydroxylation is 1.